The first-order valence-corrected chi connectivity index (χ1v) is 13.3. The monoisotopic (exact) mass is 565 g/mol. The molecule has 5 atom stereocenters. The van der Waals surface area contributed by atoms with Gasteiger partial charge >= 0.3 is 21.3 Å². The summed E-state index contributed by atoms with van der Waals surface area (Å²) < 4.78 is 47.8. The first-order chi connectivity index (χ1) is 17.3. The fraction of sp³-hybridized carbons (Fsp3) is 0.389. The molecule has 17 nitrogen and oxygen atoms in total. The van der Waals surface area contributed by atoms with E-state index in [1.54, 1.807) is 18.2 Å². The molecule has 3 aromatic rings. The lowest BCUT2D eigenvalue weighted by atomic mass is 10.1. The highest BCUT2D eigenvalue weighted by Crippen LogP contribution is 2.57. The molecule has 0 bridgehead atoms. The lowest BCUT2D eigenvalue weighted by Crippen LogP contribution is -2.43. The van der Waals surface area contributed by atoms with Crippen LogP contribution in [-0.4, -0.2) is 71.2 Å². The smallest absolute Gasteiger partial charge is 0.481 e. The Hall–Kier alpha value is -2.69. The summed E-state index contributed by atoms with van der Waals surface area (Å²) in [5, 5.41) is 25.1. The van der Waals surface area contributed by atoms with E-state index in [9.17, 15) is 33.8 Å². The van der Waals surface area contributed by atoms with Crippen molar-refractivity contribution in [3.8, 4) is 5.75 Å². The van der Waals surface area contributed by atoms with Crippen molar-refractivity contribution in [1.29, 1.82) is 0 Å². The van der Waals surface area contributed by atoms with Crippen molar-refractivity contribution in [3.05, 3.63) is 57.0 Å². The fourth-order valence-electron chi connectivity index (χ4n) is 3.65. The van der Waals surface area contributed by atoms with Crippen molar-refractivity contribution in [1.82, 2.24) is 14.3 Å². The van der Waals surface area contributed by atoms with E-state index in [1.165, 1.54) is 7.11 Å². The number of hydrogen-bond donors (Lipinski definition) is 5. The van der Waals surface area contributed by atoms with Gasteiger partial charge in [-0.2, -0.15) is 4.31 Å². The molecule has 1 aromatic carbocycles. The standard InChI is InChI=1S/C18H21N3O14P2/c1-31-9-2-3-10-11(19-34-12(10)6-9)7-21-14(22)4-5-20(18(21)25)17-16(24)15(23)13(33-17)8-32-37(29,30)35-36(26,27)28/h2-6,13,15-17,23-24H,7-8H2,1H3,(H,29,30)(H2,26,27,28)/t13-,15-,16-,17-/m1/s1. The number of hydrogen-bond acceptors (Lipinski definition) is 12. The van der Waals surface area contributed by atoms with Crippen LogP contribution in [0.3, 0.4) is 0 Å². The number of nitrogens with zero attached hydrogens (tertiary/aromatic N) is 3. The van der Waals surface area contributed by atoms with E-state index in [0.29, 0.717) is 16.7 Å². The minimum absolute atomic E-state index is 0.248. The molecule has 2 aromatic heterocycles. The van der Waals surface area contributed by atoms with Crippen molar-refractivity contribution in [2.24, 2.45) is 0 Å². The van der Waals surface area contributed by atoms with Crippen molar-refractivity contribution in [2.75, 3.05) is 13.7 Å². The van der Waals surface area contributed by atoms with Crippen LogP contribution < -0.4 is 16.0 Å². The van der Waals surface area contributed by atoms with Crippen LogP contribution in [0, 0.1) is 0 Å². The summed E-state index contributed by atoms with van der Waals surface area (Å²) in [6.07, 6.45) is -5.60. The van der Waals surface area contributed by atoms with E-state index in [-0.39, 0.29) is 12.2 Å². The van der Waals surface area contributed by atoms with Gasteiger partial charge in [-0.15, -0.1) is 0 Å². The number of ether oxygens (including phenoxy) is 2. The number of benzene rings is 1. The first-order valence-electron chi connectivity index (χ1n) is 10.3. The first kappa shape index (κ1) is 27.3. The third-order valence-electron chi connectivity index (χ3n) is 5.38. The zero-order valence-electron chi connectivity index (χ0n) is 18.8. The van der Waals surface area contributed by atoms with Crippen LogP contribution in [0.25, 0.3) is 11.0 Å². The number of fused-ring (bicyclic) bond motifs is 1. The Morgan fingerprint density at radius 1 is 1.11 bits per heavy atom. The number of aliphatic hydroxyl groups excluding tert-OH is 2. The molecule has 1 aliphatic rings. The van der Waals surface area contributed by atoms with E-state index in [0.717, 1.165) is 21.4 Å². The van der Waals surface area contributed by atoms with Crippen LogP contribution in [0.4, 0.5) is 0 Å². The SMILES string of the molecule is COc1ccc2c(Cn3c(=O)ccn([C@@H]4O[C@H](COP(=O)(O)OP(=O)(O)O)[C@@H](O)[C@H]4O)c3=O)noc2c1. The van der Waals surface area contributed by atoms with Crippen LogP contribution in [-0.2, 0) is 29.2 Å². The van der Waals surface area contributed by atoms with Crippen molar-refractivity contribution in [3.63, 3.8) is 0 Å². The predicted molar refractivity (Wildman–Crippen MR) is 119 cm³/mol. The zero-order valence-corrected chi connectivity index (χ0v) is 20.5. The lowest BCUT2D eigenvalue weighted by Gasteiger charge is -2.19. The molecule has 3 heterocycles. The van der Waals surface area contributed by atoms with Crippen LogP contribution in [0.1, 0.15) is 11.9 Å². The van der Waals surface area contributed by atoms with Crippen LogP contribution in [0.2, 0.25) is 0 Å². The number of aromatic nitrogens is 3. The maximum atomic E-state index is 13.1. The molecular formula is C18H21N3O14P2. The van der Waals surface area contributed by atoms with Gasteiger partial charge in [0.25, 0.3) is 5.56 Å². The second-order valence-corrected chi connectivity index (χ2v) is 10.6. The van der Waals surface area contributed by atoms with Crippen LogP contribution in [0.5, 0.6) is 5.75 Å². The van der Waals surface area contributed by atoms with Gasteiger partial charge in [-0.05, 0) is 12.1 Å². The largest absolute Gasteiger partial charge is 0.497 e. The van der Waals surface area contributed by atoms with E-state index in [2.05, 4.69) is 14.0 Å². The molecule has 1 fully saturated rings. The molecular weight excluding hydrogens is 544 g/mol. The van der Waals surface area contributed by atoms with Gasteiger partial charge in [0, 0.05) is 23.7 Å². The average molecular weight is 565 g/mol. The van der Waals surface area contributed by atoms with Gasteiger partial charge in [0.05, 0.1) is 20.3 Å². The Labute approximate surface area is 205 Å². The normalized spacial score (nSPS) is 23.8. The van der Waals surface area contributed by atoms with Crippen molar-refractivity contribution in [2.45, 2.75) is 31.1 Å². The quantitative estimate of drug-likeness (QED) is 0.197. The third-order valence-corrected chi connectivity index (χ3v) is 7.53. The molecule has 0 spiro atoms. The molecule has 5 N–H and O–H groups in total. The van der Waals surface area contributed by atoms with Gasteiger partial charge in [-0.25, -0.2) is 13.9 Å². The average Bonchev–Trinajstić information content (AvgIpc) is 3.34. The topological polar surface area (TPSA) is 242 Å². The molecule has 4 rings (SSSR count). The minimum Gasteiger partial charge on any atom is -0.497 e. The number of phosphoric ester groups is 1. The summed E-state index contributed by atoms with van der Waals surface area (Å²) in [6, 6.07) is 5.85. The van der Waals surface area contributed by atoms with Gasteiger partial charge in [-0.1, -0.05) is 5.16 Å². The molecule has 1 unspecified atom stereocenters. The van der Waals surface area contributed by atoms with E-state index in [1.807, 2.05) is 0 Å². The summed E-state index contributed by atoms with van der Waals surface area (Å²) in [5.41, 5.74) is -1.07. The van der Waals surface area contributed by atoms with E-state index >= 15 is 0 Å². The van der Waals surface area contributed by atoms with Gasteiger partial charge in [-0.3, -0.25) is 18.5 Å². The number of methoxy groups -OCH3 is 1. The Balaban J connectivity index is 1.56. The third kappa shape index (κ3) is 5.91. The molecule has 202 valence electrons. The zero-order chi connectivity index (χ0) is 27.1. The van der Waals surface area contributed by atoms with Crippen LogP contribution in [0.15, 0.2) is 44.6 Å². The number of rotatable bonds is 9. The molecule has 0 radical (unpaired) electrons. The molecule has 0 aliphatic carbocycles. The lowest BCUT2D eigenvalue weighted by molar-refractivity contribution is -0.0547. The van der Waals surface area contributed by atoms with E-state index < -0.39 is 58.0 Å². The Morgan fingerprint density at radius 3 is 2.51 bits per heavy atom. The fourth-order valence-corrected chi connectivity index (χ4v) is 5.25. The Bertz CT molecular complexity index is 1510. The maximum absolute atomic E-state index is 13.1. The Morgan fingerprint density at radius 2 is 1.84 bits per heavy atom. The summed E-state index contributed by atoms with van der Waals surface area (Å²) in [7, 11) is -9.18. The van der Waals surface area contributed by atoms with Crippen molar-refractivity contribution >= 4 is 26.6 Å². The summed E-state index contributed by atoms with van der Waals surface area (Å²) in [6.45, 7) is -1.27. The molecule has 0 saturated carbocycles. The number of phosphoric acid groups is 2. The molecule has 1 aliphatic heterocycles. The second kappa shape index (κ2) is 10.2. The molecule has 0 amide bonds. The Kier molecular flexibility index (Phi) is 7.56. The highest BCUT2D eigenvalue weighted by molar-refractivity contribution is 7.60. The summed E-state index contributed by atoms with van der Waals surface area (Å²) in [5.74, 6) is 0.504. The summed E-state index contributed by atoms with van der Waals surface area (Å²) in [4.78, 5) is 52.3. The maximum Gasteiger partial charge on any atom is 0.481 e. The highest BCUT2D eigenvalue weighted by atomic mass is 31.3. The minimum atomic E-state index is -5.38. The van der Waals surface area contributed by atoms with Crippen LogP contribution >= 0.6 is 15.6 Å². The van der Waals surface area contributed by atoms with Gasteiger partial charge in [0.1, 0.15) is 29.8 Å². The number of aliphatic hydroxyl groups is 2. The summed E-state index contributed by atoms with van der Waals surface area (Å²) >= 11 is 0. The van der Waals surface area contributed by atoms with E-state index in [4.69, 9.17) is 23.8 Å². The predicted octanol–water partition coefficient (Wildman–Crippen LogP) is -0.946. The molecule has 19 heteroatoms. The molecule has 37 heavy (non-hydrogen) atoms. The van der Waals surface area contributed by atoms with Gasteiger partial charge in [0.2, 0.25) is 0 Å². The highest BCUT2D eigenvalue weighted by Gasteiger charge is 2.46. The molecule has 1 saturated heterocycles. The van der Waals surface area contributed by atoms with Crippen molar-refractivity contribution < 1.29 is 56.9 Å². The van der Waals surface area contributed by atoms with Gasteiger partial charge in [0.15, 0.2) is 11.8 Å². The van der Waals surface area contributed by atoms with Gasteiger partial charge < -0.3 is 38.9 Å². The second-order valence-electron chi connectivity index (χ2n) is 7.80.